The van der Waals surface area contributed by atoms with E-state index in [2.05, 4.69) is 11.1 Å². The number of rotatable bonds is 9. The molecule has 0 aliphatic heterocycles. The van der Waals surface area contributed by atoms with E-state index in [1.807, 2.05) is 38.1 Å². The molecule has 0 fully saturated rings. The molecule has 0 saturated heterocycles. The summed E-state index contributed by atoms with van der Waals surface area (Å²) in [7, 11) is -3.33. The fourth-order valence-corrected chi connectivity index (χ4v) is 5.23. The lowest BCUT2D eigenvalue weighted by molar-refractivity contribution is 0.304. The van der Waals surface area contributed by atoms with Crippen LogP contribution in [0.4, 0.5) is 0 Å². The number of thiazole rings is 1. The smallest absolute Gasteiger partial charge is 0.193 e. The predicted molar refractivity (Wildman–Crippen MR) is 131 cm³/mol. The van der Waals surface area contributed by atoms with Crippen LogP contribution >= 0.6 is 34.5 Å². The third-order valence-corrected chi connectivity index (χ3v) is 7.43. The number of nitrogens with zero attached hydrogens (tertiary/aromatic N) is 2. The molecule has 0 amide bonds. The second-order valence-electron chi connectivity index (χ2n) is 7.77. The van der Waals surface area contributed by atoms with Gasteiger partial charge in [-0.05, 0) is 35.4 Å². The maximum Gasteiger partial charge on any atom is 0.193 e. The molecule has 3 aromatic rings. The Balaban J connectivity index is 1.77. The van der Waals surface area contributed by atoms with Crippen molar-refractivity contribution in [3.63, 3.8) is 0 Å². The average Bonchev–Trinajstić information content (AvgIpc) is 3.26. The number of alkyl halides is 1. The first-order valence-electron chi connectivity index (χ1n) is 9.87. The van der Waals surface area contributed by atoms with E-state index < -0.39 is 15.3 Å². The third-order valence-electron chi connectivity index (χ3n) is 5.06. The SMILES string of the molecule is CC(C)(c1ccc(OCc2nc(S(C)(=O)=O)cs2)cc1)c1cc(Cl)c(OCCCl)c(C#N)c1. The first-order chi connectivity index (χ1) is 15.6. The van der Waals surface area contributed by atoms with Crippen molar-refractivity contribution < 1.29 is 17.9 Å². The molecule has 10 heteroatoms. The van der Waals surface area contributed by atoms with Crippen LogP contribution in [-0.4, -0.2) is 32.1 Å². The van der Waals surface area contributed by atoms with Crippen molar-refractivity contribution in [3.8, 4) is 17.6 Å². The molecule has 174 valence electrons. The zero-order valence-electron chi connectivity index (χ0n) is 18.3. The summed E-state index contributed by atoms with van der Waals surface area (Å²) >= 11 is 13.3. The van der Waals surface area contributed by atoms with Gasteiger partial charge in [-0.15, -0.1) is 22.9 Å². The zero-order valence-corrected chi connectivity index (χ0v) is 21.4. The van der Waals surface area contributed by atoms with Gasteiger partial charge in [-0.2, -0.15) is 5.26 Å². The summed E-state index contributed by atoms with van der Waals surface area (Å²) in [5, 5.41) is 12.1. The van der Waals surface area contributed by atoms with Crippen LogP contribution in [0.3, 0.4) is 0 Å². The van der Waals surface area contributed by atoms with E-state index in [1.165, 1.54) is 16.7 Å². The standard InChI is InChI=1S/C23H22Cl2N2O4S2/c1-23(2,17-10-15(12-26)22(19(25)11-17)30-9-8-24)16-4-6-18(7-5-16)31-13-20-27-21(14-32-20)33(3,28)29/h4-7,10-11,14H,8-9,13H2,1-3H3. The zero-order chi connectivity index (χ0) is 24.2. The molecule has 0 N–H and O–H groups in total. The average molecular weight is 525 g/mol. The summed E-state index contributed by atoms with van der Waals surface area (Å²) in [4.78, 5) is 4.09. The van der Waals surface area contributed by atoms with Crippen LogP contribution in [0, 0.1) is 11.3 Å². The number of benzene rings is 2. The Kier molecular flexibility index (Phi) is 7.91. The number of sulfone groups is 1. The molecule has 3 rings (SSSR count). The van der Waals surface area contributed by atoms with Gasteiger partial charge in [0.05, 0.1) is 16.5 Å². The van der Waals surface area contributed by atoms with Crippen LogP contribution in [0.1, 0.15) is 35.5 Å². The van der Waals surface area contributed by atoms with Crippen LogP contribution in [0.5, 0.6) is 11.5 Å². The fraction of sp³-hybridized carbons (Fsp3) is 0.304. The van der Waals surface area contributed by atoms with Crippen molar-refractivity contribution in [2.24, 2.45) is 0 Å². The molecule has 2 aromatic carbocycles. The minimum Gasteiger partial charge on any atom is -0.489 e. The van der Waals surface area contributed by atoms with Gasteiger partial charge in [0, 0.05) is 17.1 Å². The van der Waals surface area contributed by atoms with Gasteiger partial charge in [0.2, 0.25) is 0 Å². The number of nitriles is 1. The maximum atomic E-state index is 11.6. The van der Waals surface area contributed by atoms with Gasteiger partial charge >= 0.3 is 0 Å². The lowest BCUT2D eigenvalue weighted by atomic mass is 9.77. The maximum absolute atomic E-state index is 11.6. The monoisotopic (exact) mass is 524 g/mol. The molecule has 0 saturated carbocycles. The molecule has 0 bridgehead atoms. The Bertz CT molecular complexity index is 1280. The van der Waals surface area contributed by atoms with Gasteiger partial charge < -0.3 is 9.47 Å². The molecular formula is C23H22Cl2N2O4S2. The number of halogens is 2. The van der Waals surface area contributed by atoms with Crippen molar-refractivity contribution in [1.82, 2.24) is 4.98 Å². The van der Waals surface area contributed by atoms with Crippen LogP contribution in [-0.2, 0) is 21.9 Å². The van der Waals surface area contributed by atoms with Crippen molar-refractivity contribution in [3.05, 3.63) is 68.5 Å². The van der Waals surface area contributed by atoms with Crippen LogP contribution in [0.15, 0.2) is 46.8 Å². The minimum atomic E-state index is -3.33. The molecule has 1 heterocycles. The van der Waals surface area contributed by atoms with Gasteiger partial charge in [0.15, 0.2) is 20.6 Å². The molecule has 0 aliphatic carbocycles. The van der Waals surface area contributed by atoms with Gasteiger partial charge in [-0.1, -0.05) is 37.6 Å². The molecule has 1 aromatic heterocycles. The lowest BCUT2D eigenvalue weighted by Crippen LogP contribution is -2.19. The topological polar surface area (TPSA) is 89.3 Å². The predicted octanol–water partition coefficient (Wildman–Crippen LogP) is 5.59. The molecule has 6 nitrogen and oxygen atoms in total. The number of hydrogen-bond donors (Lipinski definition) is 0. The lowest BCUT2D eigenvalue weighted by Gasteiger charge is -2.27. The Morgan fingerprint density at radius 3 is 2.42 bits per heavy atom. The Labute approximate surface area is 207 Å². The van der Waals surface area contributed by atoms with E-state index in [1.54, 1.807) is 12.1 Å². The highest BCUT2D eigenvalue weighted by Crippen LogP contribution is 2.38. The van der Waals surface area contributed by atoms with E-state index >= 15 is 0 Å². The van der Waals surface area contributed by atoms with Crippen LogP contribution < -0.4 is 9.47 Å². The van der Waals surface area contributed by atoms with Gasteiger partial charge in [-0.25, -0.2) is 13.4 Å². The second kappa shape index (κ2) is 10.3. The summed E-state index contributed by atoms with van der Waals surface area (Å²) in [6.45, 7) is 4.51. The Morgan fingerprint density at radius 1 is 1.15 bits per heavy atom. The summed E-state index contributed by atoms with van der Waals surface area (Å²) < 4.78 is 34.4. The minimum absolute atomic E-state index is 0.0534. The summed E-state index contributed by atoms with van der Waals surface area (Å²) in [5.41, 5.74) is 1.77. The second-order valence-corrected chi connectivity index (χ2v) is 11.5. The van der Waals surface area contributed by atoms with E-state index in [-0.39, 0.29) is 18.2 Å². The first kappa shape index (κ1) is 25.3. The van der Waals surface area contributed by atoms with E-state index in [0.717, 1.165) is 17.4 Å². The fourth-order valence-electron chi connectivity index (χ4n) is 3.13. The molecule has 0 atom stereocenters. The normalized spacial score (nSPS) is 11.8. The highest BCUT2D eigenvalue weighted by Gasteiger charge is 2.26. The highest BCUT2D eigenvalue weighted by atomic mass is 35.5. The van der Waals surface area contributed by atoms with E-state index in [9.17, 15) is 13.7 Å². The molecule has 0 radical (unpaired) electrons. The third kappa shape index (κ3) is 5.98. The van der Waals surface area contributed by atoms with Gasteiger partial charge in [0.1, 0.15) is 30.0 Å². The summed E-state index contributed by atoms with van der Waals surface area (Å²) in [6.07, 6.45) is 1.13. The molecule has 0 aliphatic rings. The molecule has 0 spiro atoms. The quantitative estimate of drug-likeness (QED) is 0.338. The van der Waals surface area contributed by atoms with Crippen molar-refractivity contribution in [2.75, 3.05) is 18.7 Å². The van der Waals surface area contributed by atoms with Crippen molar-refractivity contribution >= 4 is 44.4 Å². The highest BCUT2D eigenvalue weighted by molar-refractivity contribution is 7.90. The molecular weight excluding hydrogens is 503 g/mol. The Morgan fingerprint density at radius 2 is 1.85 bits per heavy atom. The van der Waals surface area contributed by atoms with E-state index in [4.69, 9.17) is 32.7 Å². The van der Waals surface area contributed by atoms with E-state index in [0.29, 0.717) is 33.0 Å². The van der Waals surface area contributed by atoms with Crippen LogP contribution in [0.2, 0.25) is 5.02 Å². The van der Waals surface area contributed by atoms with Crippen molar-refractivity contribution in [1.29, 1.82) is 5.26 Å². The largest absolute Gasteiger partial charge is 0.489 e. The summed E-state index contributed by atoms with van der Waals surface area (Å²) in [6, 6.07) is 13.3. The number of aromatic nitrogens is 1. The van der Waals surface area contributed by atoms with Crippen molar-refractivity contribution in [2.45, 2.75) is 30.9 Å². The Hall–Kier alpha value is -2.31. The summed E-state index contributed by atoms with van der Waals surface area (Å²) in [5.74, 6) is 1.26. The number of hydrogen-bond acceptors (Lipinski definition) is 7. The number of ether oxygens (including phenoxy) is 2. The van der Waals surface area contributed by atoms with Gasteiger partial charge in [0.25, 0.3) is 0 Å². The first-order valence-corrected chi connectivity index (χ1v) is 13.6. The molecule has 0 unspecified atom stereocenters. The molecule has 33 heavy (non-hydrogen) atoms. The van der Waals surface area contributed by atoms with Crippen LogP contribution in [0.25, 0.3) is 0 Å². The van der Waals surface area contributed by atoms with Gasteiger partial charge in [-0.3, -0.25) is 0 Å².